The lowest BCUT2D eigenvalue weighted by molar-refractivity contribution is 0.199. The van der Waals surface area contributed by atoms with Crippen LogP contribution in [0.1, 0.15) is 46.1 Å². The van der Waals surface area contributed by atoms with Crippen molar-refractivity contribution in [1.82, 2.24) is 5.32 Å². The van der Waals surface area contributed by atoms with Crippen molar-refractivity contribution < 1.29 is 0 Å². The lowest BCUT2D eigenvalue weighted by Crippen LogP contribution is -2.38. The van der Waals surface area contributed by atoms with Gasteiger partial charge in [0.25, 0.3) is 0 Å². The Balaban J connectivity index is 2.09. The molecule has 1 fully saturated rings. The molecular formula is C18H29BrN2. The highest BCUT2D eigenvalue weighted by molar-refractivity contribution is 9.10. The van der Waals surface area contributed by atoms with Crippen LogP contribution in [0.2, 0.25) is 0 Å². The third-order valence-corrected chi connectivity index (χ3v) is 5.16. The highest BCUT2D eigenvalue weighted by Crippen LogP contribution is 2.36. The topological polar surface area (TPSA) is 15.3 Å². The number of rotatable bonds is 4. The number of anilines is 1. The number of nitrogens with zero attached hydrogens (tertiary/aromatic N) is 1. The van der Waals surface area contributed by atoms with Crippen LogP contribution in [0.5, 0.6) is 0 Å². The van der Waals surface area contributed by atoms with Crippen molar-refractivity contribution in [1.29, 1.82) is 0 Å². The molecule has 3 heteroatoms. The summed E-state index contributed by atoms with van der Waals surface area (Å²) in [5.41, 5.74) is 3.25. The second-order valence-electron chi connectivity index (χ2n) is 7.18. The molecule has 0 bridgehead atoms. The van der Waals surface area contributed by atoms with E-state index in [1.54, 1.807) is 0 Å². The number of halogens is 1. The van der Waals surface area contributed by atoms with E-state index in [1.165, 1.54) is 41.7 Å². The quantitative estimate of drug-likeness (QED) is 0.835. The largest absolute Gasteiger partial charge is 0.371 e. The lowest BCUT2D eigenvalue weighted by atomic mass is 9.75. The minimum Gasteiger partial charge on any atom is -0.371 e. The molecule has 1 aliphatic rings. The van der Waals surface area contributed by atoms with Crippen molar-refractivity contribution in [2.75, 3.05) is 24.5 Å². The van der Waals surface area contributed by atoms with Crippen molar-refractivity contribution in [2.45, 2.75) is 47.1 Å². The van der Waals surface area contributed by atoms with Gasteiger partial charge in [-0.1, -0.05) is 43.6 Å². The van der Waals surface area contributed by atoms with Gasteiger partial charge in [-0.3, -0.25) is 0 Å². The van der Waals surface area contributed by atoms with Crippen LogP contribution in [0.3, 0.4) is 0 Å². The summed E-state index contributed by atoms with van der Waals surface area (Å²) in [4.78, 5) is 2.57. The molecule has 1 heterocycles. The van der Waals surface area contributed by atoms with Crippen LogP contribution in [-0.2, 0) is 6.54 Å². The fraction of sp³-hybridized carbons (Fsp3) is 0.667. The molecule has 1 aromatic carbocycles. The van der Waals surface area contributed by atoms with Gasteiger partial charge in [0.1, 0.15) is 0 Å². The minimum atomic E-state index is 0.443. The molecule has 118 valence electrons. The first-order valence-corrected chi connectivity index (χ1v) is 8.95. The molecule has 0 spiro atoms. The van der Waals surface area contributed by atoms with E-state index in [0.29, 0.717) is 5.41 Å². The Morgan fingerprint density at radius 2 is 1.90 bits per heavy atom. The number of piperidine rings is 1. The number of hydrogen-bond acceptors (Lipinski definition) is 2. The van der Waals surface area contributed by atoms with Crippen LogP contribution in [0, 0.1) is 11.3 Å². The van der Waals surface area contributed by atoms with Gasteiger partial charge in [-0.15, -0.1) is 0 Å². The van der Waals surface area contributed by atoms with Crippen LogP contribution in [0.25, 0.3) is 0 Å². The van der Waals surface area contributed by atoms with Crippen LogP contribution in [-0.4, -0.2) is 19.6 Å². The van der Waals surface area contributed by atoms with Crippen molar-refractivity contribution in [3.63, 3.8) is 0 Å². The summed E-state index contributed by atoms with van der Waals surface area (Å²) in [5.74, 6) is 0.849. The smallest absolute Gasteiger partial charge is 0.0412 e. The van der Waals surface area contributed by atoms with Crippen LogP contribution < -0.4 is 10.2 Å². The van der Waals surface area contributed by atoms with Gasteiger partial charge in [0.15, 0.2) is 0 Å². The van der Waals surface area contributed by atoms with E-state index in [1.807, 2.05) is 0 Å². The molecule has 0 amide bonds. The van der Waals surface area contributed by atoms with E-state index in [0.717, 1.165) is 19.0 Å². The predicted molar refractivity (Wildman–Crippen MR) is 95.9 cm³/mol. The van der Waals surface area contributed by atoms with Crippen molar-refractivity contribution in [3.8, 4) is 0 Å². The highest BCUT2D eigenvalue weighted by Gasteiger charge is 2.29. The van der Waals surface area contributed by atoms with E-state index < -0.39 is 0 Å². The average Bonchev–Trinajstić information content (AvgIpc) is 2.44. The van der Waals surface area contributed by atoms with Gasteiger partial charge < -0.3 is 10.2 Å². The third kappa shape index (κ3) is 4.46. The Kier molecular flexibility index (Phi) is 5.73. The van der Waals surface area contributed by atoms with Crippen LogP contribution >= 0.6 is 15.9 Å². The summed E-state index contributed by atoms with van der Waals surface area (Å²) in [5, 5.41) is 3.46. The van der Waals surface area contributed by atoms with Gasteiger partial charge in [-0.2, -0.15) is 0 Å². The molecule has 2 rings (SSSR count). The molecule has 2 nitrogen and oxygen atoms in total. The zero-order chi connectivity index (χ0) is 15.5. The van der Waals surface area contributed by atoms with Gasteiger partial charge >= 0.3 is 0 Å². The Hall–Kier alpha value is -0.540. The van der Waals surface area contributed by atoms with Gasteiger partial charge in [-0.25, -0.2) is 0 Å². The number of hydrogen-bond donors (Lipinski definition) is 1. The molecule has 1 saturated heterocycles. The van der Waals surface area contributed by atoms with E-state index >= 15 is 0 Å². The maximum absolute atomic E-state index is 3.60. The first-order valence-electron chi connectivity index (χ1n) is 8.16. The maximum Gasteiger partial charge on any atom is 0.0412 e. The van der Waals surface area contributed by atoms with E-state index in [-0.39, 0.29) is 0 Å². The lowest BCUT2D eigenvalue weighted by Gasteiger charge is -2.40. The average molecular weight is 353 g/mol. The molecule has 0 radical (unpaired) electrons. The van der Waals surface area contributed by atoms with E-state index in [9.17, 15) is 0 Å². The van der Waals surface area contributed by atoms with Crippen LogP contribution in [0.15, 0.2) is 22.7 Å². The molecule has 1 aliphatic heterocycles. The van der Waals surface area contributed by atoms with Gasteiger partial charge in [0, 0.05) is 29.8 Å². The van der Waals surface area contributed by atoms with Crippen LogP contribution in [0.4, 0.5) is 5.69 Å². The molecule has 0 aliphatic carbocycles. The fourth-order valence-electron chi connectivity index (χ4n) is 3.25. The summed E-state index contributed by atoms with van der Waals surface area (Å²) >= 11 is 3.60. The van der Waals surface area contributed by atoms with E-state index in [2.05, 4.69) is 72.0 Å². The highest BCUT2D eigenvalue weighted by atomic mass is 79.9. The second-order valence-corrected chi connectivity index (χ2v) is 8.10. The molecule has 1 N–H and O–H groups in total. The second kappa shape index (κ2) is 7.15. The van der Waals surface area contributed by atoms with Crippen molar-refractivity contribution >= 4 is 21.6 Å². The Bertz CT molecular complexity index is 457. The normalized spacial score (nSPS) is 17.3. The summed E-state index contributed by atoms with van der Waals surface area (Å²) < 4.78 is 1.17. The SMILES string of the molecule is CCNCc1cc(Br)ccc1N1CCC(C(C)(C)C)CC1. The molecule has 0 aromatic heterocycles. The zero-order valence-corrected chi connectivity index (χ0v) is 15.5. The fourth-order valence-corrected chi connectivity index (χ4v) is 3.66. The summed E-state index contributed by atoms with van der Waals surface area (Å²) in [6.45, 7) is 13.6. The summed E-state index contributed by atoms with van der Waals surface area (Å²) in [6, 6.07) is 6.70. The van der Waals surface area contributed by atoms with E-state index in [4.69, 9.17) is 0 Å². The van der Waals surface area contributed by atoms with Crippen molar-refractivity contribution in [2.24, 2.45) is 11.3 Å². The zero-order valence-electron chi connectivity index (χ0n) is 13.9. The number of nitrogens with one attached hydrogen (secondary N) is 1. The third-order valence-electron chi connectivity index (χ3n) is 4.67. The molecule has 0 atom stereocenters. The standard InChI is InChI=1S/C18H29BrN2/c1-5-20-13-14-12-16(19)6-7-17(14)21-10-8-15(9-11-21)18(2,3)4/h6-7,12,15,20H,5,8-11,13H2,1-4H3. The Morgan fingerprint density at radius 3 is 2.48 bits per heavy atom. The van der Waals surface area contributed by atoms with Gasteiger partial charge in [0.05, 0.1) is 0 Å². The molecule has 0 saturated carbocycles. The first-order chi connectivity index (χ1) is 9.91. The molecule has 1 aromatic rings. The molecular weight excluding hydrogens is 324 g/mol. The summed E-state index contributed by atoms with van der Waals surface area (Å²) in [7, 11) is 0. The monoisotopic (exact) mass is 352 g/mol. The maximum atomic E-state index is 3.60. The van der Waals surface area contributed by atoms with Gasteiger partial charge in [-0.05, 0) is 54.5 Å². The number of benzene rings is 1. The first kappa shape index (κ1) is 16.8. The Labute approximate surface area is 138 Å². The predicted octanol–water partition coefficient (Wildman–Crippen LogP) is 4.82. The summed E-state index contributed by atoms with van der Waals surface area (Å²) in [6.07, 6.45) is 2.61. The Morgan fingerprint density at radius 1 is 1.24 bits per heavy atom. The van der Waals surface area contributed by atoms with Gasteiger partial charge in [0.2, 0.25) is 0 Å². The van der Waals surface area contributed by atoms with Crippen molar-refractivity contribution in [3.05, 3.63) is 28.2 Å². The molecule has 0 unspecified atom stereocenters. The molecule has 21 heavy (non-hydrogen) atoms. The minimum absolute atomic E-state index is 0.443.